The molecule has 1 amide bonds. The number of likely N-dealkylation sites (tertiary alicyclic amines) is 1. The Morgan fingerprint density at radius 3 is 2.71 bits per heavy atom. The van der Waals surface area contributed by atoms with Gasteiger partial charge in [-0.2, -0.15) is 0 Å². The Morgan fingerprint density at radius 1 is 1.38 bits per heavy atom. The van der Waals surface area contributed by atoms with Crippen LogP contribution in [0.2, 0.25) is 0 Å². The first-order valence-corrected chi connectivity index (χ1v) is 7.34. The Morgan fingerprint density at radius 2 is 2.10 bits per heavy atom. The number of allylic oxidation sites excluding steroid dienone is 1. The van der Waals surface area contributed by atoms with E-state index in [1.54, 1.807) is 7.11 Å². The van der Waals surface area contributed by atoms with E-state index in [1.807, 2.05) is 30.0 Å². The van der Waals surface area contributed by atoms with Gasteiger partial charge in [0.1, 0.15) is 0 Å². The van der Waals surface area contributed by atoms with Gasteiger partial charge in [0.2, 0.25) is 0 Å². The van der Waals surface area contributed by atoms with Gasteiger partial charge in [-0.15, -0.1) is 6.58 Å². The van der Waals surface area contributed by atoms with Crippen LogP contribution in [-0.4, -0.2) is 37.6 Å². The Bertz CT molecular complexity index is 519. The molecule has 1 aromatic carbocycles. The molecule has 1 aliphatic rings. The fraction of sp³-hybridized carbons (Fsp3) is 0.471. The third-order valence-corrected chi connectivity index (χ3v) is 3.66. The maximum atomic E-state index is 12.1. The van der Waals surface area contributed by atoms with Gasteiger partial charge in [0.25, 0.3) is 5.91 Å². The summed E-state index contributed by atoms with van der Waals surface area (Å²) in [5.74, 6) is 1.36. The molecule has 1 aliphatic heterocycles. The van der Waals surface area contributed by atoms with Crippen LogP contribution >= 0.6 is 0 Å². The number of rotatable bonds is 6. The van der Waals surface area contributed by atoms with E-state index in [4.69, 9.17) is 9.47 Å². The third kappa shape index (κ3) is 3.78. The van der Waals surface area contributed by atoms with Crippen molar-refractivity contribution in [2.75, 3.05) is 26.8 Å². The average molecular weight is 289 g/mol. The second-order valence-electron chi connectivity index (χ2n) is 5.32. The summed E-state index contributed by atoms with van der Waals surface area (Å²) in [6.45, 7) is 7.52. The number of benzene rings is 1. The first-order valence-electron chi connectivity index (χ1n) is 7.34. The van der Waals surface area contributed by atoms with E-state index in [-0.39, 0.29) is 12.5 Å². The van der Waals surface area contributed by atoms with Crippen LogP contribution in [0.1, 0.15) is 24.0 Å². The molecule has 0 radical (unpaired) electrons. The minimum atomic E-state index is 0.0414. The molecule has 114 valence electrons. The Hall–Kier alpha value is -1.97. The van der Waals surface area contributed by atoms with E-state index in [0.717, 1.165) is 37.1 Å². The minimum Gasteiger partial charge on any atom is -0.493 e. The number of carbonyl (C=O) groups is 1. The lowest BCUT2D eigenvalue weighted by molar-refractivity contribution is -0.132. The van der Waals surface area contributed by atoms with Gasteiger partial charge >= 0.3 is 0 Å². The summed E-state index contributed by atoms with van der Waals surface area (Å²) in [5, 5.41) is 0. The third-order valence-electron chi connectivity index (χ3n) is 3.66. The molecule has 1 fully saturated rings. The van der Waals surface area contributed by atoms with E-state index >= 15 is 0 Å². The Balaban J connectivity index is 2.13. The summed E-state index contributed by atoms with van der Waals surface area (Å²) in [6, 6.07) is 3.96. The van der Waals surface area contributed by atoms with Gasteiger partial charge in [0, 0.05) is 18.7 Å². The van der Waals surface area contributed by atoms with Crippen LogP contribution in [-0.2, 0) is 11.2 Å². The SMILES string of the molecule is C=CCc1cc(C)cc(OC)c1OCC(=O)N1CCCC1. The molecule has 0 atom stereocenters. The zero-order valence-corrected chi connectivity index (χ0v) is 12.9. The molecule has 4 nitrogen and oxygen atoms in total. The van der Waals surface area contributed by atoms with Crippen molar-refractivity contribution in [2.45, 2.75) is 26.2 Å². The van der Waals surface area contributed by atoms with Gasteiger partial charge in [-0.25, -0.2) is 0 Å². The molecule has 0 spiro atoms. The van der Waals surface area contributed by atoms with Gasteiger partial charge in [-0.3, -0.25) is 4.79 Å². The molecule has 0 saturated carbocycles. The van der Waals surface area contributed by atoms with Crippen molar-refractivity contribution in [3.8, 4) is 11.5 Å². The highest BCUT2D eigenvalue weighted by Crippen LogP contribution is 2.33. The van der Waals surface area contributed by atoms with Gasteiger partial charge in [-0.05, 0) is 37.8 Å². The van der Waals surface area contributed by atoms with Crippen molar-refractivity contribution < 1.29 is 14.3 Å². The van der Waals surface area contributed by atoms with Gasteiger partial charge in [-0.1, -0.05) is 12.1 Å². The zero-order valence-electron chi connectivity index (χ0n) is 12.9. The Kier molecular flexibility index (Phi) is 5.26. The molecule has 2 rings (SSSR count). The second-order valence-corrected chi connectivity index (χ2v) is 5.32. The molecule has 0 N–H and O–H groups in total. The first-order chi connectivity index (χ1) is 10.2. The van der Waals surface area contributed by atoms with Crippen LogP contribution < -0.4 is 9.47 Å². The molecule has 0 unspecified atom stereocenters. The number of hydrogen-bond acceptors (Lipinski definition) is 3. The van der Waals surface area contributed by atoms with Gasteiger partial charge in [0.05, 0.1) is 7.11 Å². The largest absolute Gasteiger partial charge is 0.493 e. The lowest BCUT2D eigenvalue weighted by atomic mass is 10.1. The van der Waals surface area contributed by atoms with Crippen molar-refractivity contribution in [2.24, 2.45) is 0 Å². The summed E-state index contributed by atoms with van der Waals surface area (Å²) in [6.07, 6.45) is 4.68. The normalized spacial score (nSPS) is 14.1. The highest BCUT2D eigenvalue weighted by Gasteiger charge is 2.20. The molecule has 1 aromatic rings. The molecule has 0 bridgehead atoms. The second kappa shape index (κ2) is 7.16. The monoisotopic (exact) mass is 289 g/mol. The lowest BCUT2D eigenvalue weighted by Crippen LogP contribution is -2.32. The van der Waals surface area contributed by atoms with Gasteiger partial charge < -0.3 is 14.4 Å². The molecular weight excluding hydrogens is 266 g/mol. The van der Waals surface area contributed by atoms with E-state index < -0.39 is 0 Å². The maximum Gasteiger partial charge on any atom is 0.260 e. The average Bonchev–Trinajstić information content (AvgIpc) is 3.00. The number of amides is 1. The molecule has 4 heteroatoms. The van der Waals surface area contributed by atoms with Crippen molar-refractivity contribution in [1.82, 2.24) is 4.90 Å². The van der Waals surface area contributed by atoms with E-state index in [1.165, 1.54) is 0 Å². The number of hydrogen-bond donors (Lipinski definition) is 0. The standard InChI is InChI=1S/C17H23NO3/c1-4-7-14-10-13(2)11-15(20-3)17(14)21-12-16(19)18-8-5-6-9-18/h4,10-11H,1,5-9,12H2,2-3H3. The fourth-order valence-electron chi connectivity index (χ4n) is 2.63. The van der Waals surface area contributed by atoms with Crippen LogP contribution in [0.5, 0.6) is 11.5 Å². The van der Waals surface area contributed by atoms with E-state index in [9.17, 15) is 4.79 Å². The predicted molar refractivity (Wildman–Crippen MR) is 82.9 cm³/mol. The van der Waals surface area contributed by atoms with E-state index in [2.05, 4.69) is 6.58 Å². The van der Waals surface area contributed by atoms with Crippen molar-refractivity contribution >= 4 is 5.91 Å². The summed E-state index contributed by atoms with van der Waals surface area (Å²) in [5.41, 5.74) is 2.10. The summed E-state index contributed by atoms with van der Waals surface area (Å²) >= 11 is 0. The zero-order chi connectivity index (χ0) is 15.2. The minimum absolute atomic E-state index is 0.0414. The fourth-order valence-corrected chi connectivity index (χ4v) is 2.63. The van der Waals surface area contributed by atoms with Crippen molar-refractivity contribution in [3.05, 3.63) is 35.9 Å². The van der Waals surface area contributed by atoms with Crippen molar-refractivity contribution in [3.63, 3.8) is 0 Å². The van der Waals surface area contributed by atoms with E-state index in [0.29, 0.717) is 17.9 Å². The number of aryl methyl sites for hydroxylation is 1. The number of methoxy groups -OCH3 is 1. The predicted octanol–water partition coefficient (Wildman–Crippen LogP) is 2.73. The molecule has 1 heterocycles. The van der Waals surface area contributed by atoms with Crippen LogP contribution in [0, 0.1) is 6.92 Å². The van der Waals surface area contributed by atoms with Crippen LogP contribution in [0.4, 0.5) is 0 Å². The van der Waals surface area contributed by atoms with Crippen molar-refractivity contribution in [1.29, 1.82) is 0 Å². The summed E-state index contributed by atoms with van der Waals surface area (Å²) in [7, 11) is 1.61. The quantitative estimate of drug-likeness (QED) is 0.756. The van der Waals surface area contributed by atoms with Crippen LogP contribution in [0.25, 0.3) is 0 Å². The highest BCUT2D eigenvalue weighted by molar-refractivity contribution is 5.78. The highest BCUT2D eigenvalue weighted by atomic mass is 16.5. The number of carbonyl (C=O) groups excluding carboxylic acids is 1. The van der Waals surface area contributed by atoms with Crippen LogP contribution in [0.15, 0.2) is 24.8 Å². The smallest absolute Gasteiger partial charge is 0.260 e. The lowest BCUT2D eigenvalue weighted by Gasteiger charge is -2.18. The first kappa shape index (κ1) is 15.4. The molecular formula is C17H23NO3. The maximum absolute atomic E-state index is 12.1. The number of ether oxygens (including phenoxy) is 2. The summed E-state index contributed by atoms with van der Waals surface area (Å²) < 4.78 is 11.2. The Labute approximate surface area is 126 Å². The molecule has 0 aromatic heterocycles. The molecule has 0 aliphatic carbocycles. The number of nitrogens with zero attached hydrogens (tertiary/aromatic N) is 1. The van der Waals surface area contributed by atoms with Gasteiger partial charge in [0.15, 0.2) is 18.1 Å². The topological polar surface area (TPSA) is 38.8 Å². The molecule has 1 saturated heterocycles. The summed E-state index contributed by atoms with van der Waals surface area (Å²) in [4.78, 5) is 13.9. The van der Waals surface area contributed by atoms with Crippen LogP contribution in [0.3, 0.4) is 0 Å². The molecule has 21 heavy (non-hydrogen) atoms.